The van der Waals surface area contributed by atoms with Gasteiger partial charge in [0.2, 0.25) is 0 Å². The van der Waals surface area contributed by atoms with Gasteiger partial charge in [-0.15, -0.1) is 11.3 Å². The van der Waals surface area contributed by atoms with Gasteiger partial charge in [0.15, 0.2) is 0 Å². The van der Waals surface area contributed by atoms with Gasteiger partial charge in [0.05, 0.1) is 4.91 Å². The molecule has 0 spiro atoms. The number of thioether (sulfide) groups is 1. The molecule has 0 saturated carbocycles. The topological polar surface area (TPSA) is 57.6 Å². The van der Waals surface area contributed by atoms with Crippen LogP contribution in [0.15, 0.2) is 20.8 Å². The maximum Gasteiger partial charge on any atom is 0.303 e. The number of thiocarbonyl (C=S) groups is 1. The number of thiophene rings is 1. The van der Waals surface area contributed by atoms with Gasteiger partial charge in [-0.05, 0) is 34.5 Å². The number of carboxylic acids is 1. The van der Waals surface area contributed by atoms with Gasteiger partial charge < -0.3 is 5.11 Å². The number of halogens is 1. The third-order valence-electron chi connectivity index (χ3n) is 2.51. The molecule has 2 rings (SSSR count). The highest BCUT2D eigenvalue weighted by molar-refractivity contribution is 9.10. The first-order valence-corrected chi connectivity index (χ1v) is 8.58. The van der Waals surface area contributed by atoms with Crippen molar-refractivity contribution in [3.63, 3.8) is 0 Å². The summed E-state index contributed by atoms with van der Waals surface area (Å²) in [6, 6.07) is 1.93. The van der Waals surface area contributed by atoms with Crippen LogP contribution >= 0.6 is 51.2 Å². The average molecular weight is 392 g/mol. The summed E-state index contributed by atoms with van der Waals surface area (Å²) in [5.74, 6) is -1.01. The molecular formula is C12H10BrNO3S3. The van der Waals surface area contributed by atoms with E-state index in [1.807, 2.05) is 17.5 Å². The molecule has 1 aliphatic rings. The van der Waals surface area contributed by atoms with Crippen molar-refractivity contribution in [3.05, 3.63) is 25.7 Å². The quantitative estimate of drug-likeness (QED) is 0.613. The maximum absolute atomic E-state index is 12.2. The van der Waals surface area contributed by atoms with Crippen molar-refractivity contribution in [2.75, 3.05) is 6.54 Å². The van der Waals surface area contributed by atoms with E-state index in [1.54, 1.807) is 0 Å². The molecule has 20 heavy (non-hydrogen) atoms. The van der Waals surface area contributed by atoms with E-state index in [0.717, 1.165) is 9.35 Å². The van der Waals surface area contributed by atoms with Crippen LogP contribution in [0.5, 0.6) is 0 Å². The van der Waals surface area contributed by atoms with Crippen molar-refractivity contribution in [1.82, 2.24) is 4.90 Å². The number of amides is 1. The van der Waals surface area contributed by atoms with Gasteiger partial charge in [-0.25, -0.2) is 0 Å². The lowest BCUT2D eigenvalue weighted by atomic mass is 10.3. The Kier molecular flexibility index (Phi) is 5.36. The zero-order chi connectivity index (χ0) is 14.7. The number of carbonyl (C=O) groups is 2. The summed E-state index contributed by atoms with van der Waals surface area (Å²) in [6.45, 7) is 0.350. The highest BCUT2D eigenvalue weighted by atomic mass is 79.9. The molecule has 0 unspecified atom stereocenters. The molecular weight excluding hydrogens is 382 g/mol. The Morgan fingerprint density at radius 3 is 2.90 bits per heavy atom. The fraction of sp³-hybridized carbons (Fsp3) is 0.250. The first kappa shape index (κ1) is 15.7. The van der Waals surface area contributed by atoms with Crippen LogP contribution in [0.3, 0.4) is 0 Å². The van der Waals surface area contributed by atoms with Gasteiger partial charge in [0.1, 0.15) is 4.32 Å². The summed E-state index contributed by atoms with van der Waals surface area (Å²) in [6.07, 6.45) is 2.25. The summed E-state index contributed by atoms with van der Waals surface area (Å²) >= 11 is 11.3. The Morgan fingerprint density at radius 2 is 2.30 bits per heavy atom. The van der Waals surface area contributed by atoms with Crippen molar-refractivity contribution >= 4 is 73.5 Å². The van der Waals surface area contributed by atoms with Gasteiger partial charge in [-0.1, -0.05) is 24.0 Å². The molecule has 0 aliphatic carbocycles. The number of carbonyl (C=O) groups excluding carboxylic acids is 1. The maximum atomic E-state index is 12.2. The van der Waals surface area contributed by atoms with E-state index in [9.17, 15) is 9.59 Å². The predicted molar refractivity (Wildman–Crippen MR) is 88.8 cm³/mol. The minimum Gasteiger partial charge on any atom is -0.481 e. The van der Waals surface area contributed by atoms with Crippen LogP contribution in [0, 0.1) is 0 Å². The smallest absolute Gasteiger partial charge is 0.303 e. The molecule has 0 bridgehead atoms. The van der Waals surface area contributed by atoms with Crippen LogP contribution in [0.4, 0.5) is 0 Å². The van der Waals surface area contributed by atoms with Crippen LogP contribution in [0.25, 0.3) is 6.08 Å². The molecule has 0 radical (unpaired) electrons. The minimum atomic E-state index is -0.866. The van der Waals surface area contributed by atoms with E-state index in [4.69, 9.17) is 17.3 Å². The van der Waals surface area contributed by atoms with Crippen molar-refractivity contribution in [2.45, 2.75) is 12.8 Å². The summed E-state index contributed by atoms with van der Waals surface area (Å²) in [4.78, 5) is 25.7. The summed E-state index contributed by atoms with van der Waals surface area (Å²) < 4.78 is 1.47. The van der Waals surface area contributed by atoms with Crippen molar-refractivity contribution in [1.29, 1.82) is 0 Å². The zero-order valence-electron chi connectivity index (χ0n) is 10.2. The number of hydrogen-bond donors (Lipinski definition) is 1. The van der Waals surface area contributed by atoms with E-state index in [0.29, 0.717) is 22.2 Å². The molecule has 8 heteroatoms. The molecule has 2 heterocycles. The van der Waals surface area contributed by atoms with Gasteiger partial charge in [-0.3, -0.25) is 14.5 Å². The van der Waals surface area contributed by atoms with Crippen molar-refractivity contribution in [3.8, 4) is 0 Å². The largest absolute Gasteiger partial charge is 0.481 e. The Bertz CT molecular complexity index is 597. The van der Waals surface area contributed by atoms with E-state index >= 15 is 0 Å². The lowest BCUT2D eigenvalue weighted by Crippen LogP contribution is -2.29. The molecule has 1 aliphatic heterocycles. The first-order valence-electron chi connectivity index (χ1n) is 5.68. The Hall–Kier alpha value is -0.700. The second kappa shape index (κ2) is 6.84. The van der Waals surface area contributed by atoms with Crippen LogP contribution in [-0.4, -0.2) is 32.7 Å². The molecule has 1 aromatic heterocycles. The van der Waals surface area contributed by atoms with Gasteiger partial charge in [0.25, 0.3) is 5.91 Å². The van der Waals surface area contributed by atoms with Crippen molar-refractivity contribution in [2.24, 2.45) is 0 Å². The van der Waals surface area contributed by atoms with Crippen molar-refractivity contribution < 1.29 is 14.7 Å². The van der Waals surface area contributed by atoms with E-state index in [2.05, 4.69) is 15.9 Å². The van der Waals surface area contributed by atoms with Gasteiger partial charge >= 0.3 is 5.97 Å². The summed E-state index contributed by atoms with van der Waals surface area (Å²) in [5.41, 5.74) is 0. The van der Waals surface area contributed by atoms with E-state index in [-0.39, 0.29) is 12.3 Å². The Balaban J connectivity index is 2.04. The van der Waals surface area contributed by atoms with Crippen LogP contribution in [0.2, 0.25) is 0 Å². The molecule has 0 atom stereocenters. The number of rotatable bonds is 5. The summed E-state index contributed by atoms with van der Waals surface area (Å²) in [7, 11) is 0. The third kappa shape index (κ3) is 3.91. The van der Waals surface area contributed by atoms with Crippen LogP contribution in [0.1, 0.15) is 17.7 Å². The molecule has 1 amide bonds. The number of nitrogens with zero attached hydrogens (tertiary/aromatic N) is 1. The molecule has 1 fully saturated rings. The lowest BCUT2D eigenvalue weighted by molar-refractivity contribution is -0.137. The lowest BCUT2D eigenvalue weighted by Gasteiger charge is -2.13. The predicted octanol–water partition coefficient (Wildman–Crippen LogP) is 3.58. The fourth-order valence-corrected chi connectivity index (χ4v) is 4.36. The molecule has 1 N–H and O–H groups in total. The minimum absolute atomic E-state index is 0.0357. The molecule has 1 saturated heterocycles. The molecule has 4 nitrogen and oxygen atoms in total. The number of carboxylic acid groups (broad SMARTS) is 1. The highest BCUT2D eigenvalue weighted by Crippen LogP contribution is 2.34. The van der Waals surface area contributed by atoms with E-state index in [1.165, 1.54) is 28.0 Å². The molecule has 0 aromatic carbocycles. The Labute approximate surface area is 138 Å². The SMILES string of the molecule is O=C(O)CCCN1C(=O)C(=Cc2cc(Br)cs2)SC1=S. The van der Waals surface area contributed by atoms with E-state index < -0.39 is 5.97 Å². The average Bonchev–Trinajstić information content (AvgIpc) is 2.88. The fourth-order valence-electron chi connectivity index (χ4n) is 1.61. The number of aliphatic carboxylic acids is 1. The molecule has 106 valence electrons. The second-order valence-corrected chi connectivity index (χ2v) is 7.53. The molecule has 1 aromatic rings. The second-order valence-electron chi connectivity index (χ2n) is 4.00. The normalized spacial score (nSPS) is 17.2. The standard InChI is InChI=1S/C12H10BrNO3S3/c13-7-4-8(19-6-7)5-9-11(17)14(12(18)20-9)3-1-2-10(15)16/h4-6H,1-3H2,(H,15,16). The van der Waals surface area contributed by atoms with Crippen LogP contribution < -0.4 is 0 Å². The highest BCUT2D eigenvalue weighted by Gasteiger charge is 2.31. The zero-order valence-corrected chi connectivity index (χ0v) is 14.2. The van der Waals surface area contributed by atoms with Crippen LogP contribution in [-0.2, 0) is 9.59 Å². The monoisotopic (exact) mass is 391 g/mol. The van der Waals surface area contributed by atoms with Gasteiger partial charge in [0, 0.05) is 27.7 Å². The summed E-state index contributed by atoms with van der Waals surface area (Å²) in [5, 5.41) is 10.6. The Morgan fingerprint density at radius 1 is 1.55 bits per heavy atom. The van der Waals surface area contributed by atoms with Gasteiger partial charge in [-0.2, -0.15) is 0 Å². The first-order chi connectivity index (χ1) is 9.47. The number of hydrogen-bond acceptors (Lipinski definition) is 5. The third-order valence-corrected chi connectivity index (χ3v) is 5.53.